The van der Waals surface area contributed by atoms with E-state index in [-0.39, 0.29) is 11.8 Å². The van der Waals surface area contributed by atoms with Crippen LogP contribution < -0.4 is 5.32 Å². The van der Waals surface area contributed by atoms with E-state index in [0.717, 1.165) is 23.8 Å². The Balaban J connectivity index is 1.93. The molecule has 2 heterocycles. The highest BCUT2D eigenvalue weighted by Gasteiger charge is 2.37. The molecule has 0 aliphatic heterocycles. The van der Waals surface area contributed by atoms with Crippen LogP contribution in [0.25, 0.3) is 5.78 Å². The van der Waals surface area contributed by atoms with Crippen molar-refractivity contribution in [3.63, 3.8) is 0 Å². The maximum atomic E-state index is 12.8. The smallest absolute Gasteiger partial charge is 0.367 e. The van der Waals surface area contributed by atoms with Crippen molar-refractivity contribution in [1.29, 1.82) is 0 Å². The number of anilines is 1. The van der Waals surface area contributed by atoms with Crippen molar-refractivity contribution < 1.29 is 13.2 Å². The molecule has 9 heteroatoms. The monoisotopic (exact) mass is 331 g/mol. The number of rotatable bonds is 3. The highest BCUT2D eigenvalue weighted by Crippen LogP contribution is 2.31. The van der Waals surface area contributed by atoms with Gasteiger partial charge in [0.25, 0.3) is 11.6 Å². The predicted octanol–water partition coefficient (Wildman–Crippen LogP) is 3.15. The van der Waals surface area contributed by atoms with Crippen LogP contribution in [0.2, 0.25) is 0 Å². The molecule has 0 bridgehead atoms. The van der Waals surface area contributed by atoms with Gasteiger partial charge in [-0.05, 0) is 32.4 Å². The summed E-state index contributed by atoms with van der Waals surface area (Å²) < 4.78 is 39.5. The average Bonchev–Trinajstić information content (AvgIpc) is 3.04. The first-order chi connectivity index (χ1) is 10.4. The third-order valence-electron chi connectivity index (χ3n) is 3.76. The van der Waals surface area contributed by atoms with E-state index in [4.69, 9.17) is 0 Å². The fourth-order valence-electron chi connectivity index (χ4n) is 2.70. The zero-order valence-electron chi connectivity index (χ0n) is 12.2. The fourth-order valence-corrected chi connectivity index (χ4v) is 3.50. The number of hydrogen-bond donors (Lipinski definition) is 1. The van der Waals surface area contributed by atoms with Crippen LogP contribution in [0.3, 0.4) is 0 Å². The van der Waals surface area contributed by atoms with Crippen molar-refractivity contribution in [2.45, 2.75) is 43.7 Å². The van der Waals surface area contributed by atoms with Crippen molar-refractivity contribution in [3.05, 3.63) is 17.6 Å². The number of aryl methyl sites for hydroxylation is 1. The highest BCUT2D eigenvalue weighted by molar-refractivity contribution is 7.99. The van der Waals surface area contributed by atoms with E-state index >= 15 is 0 Å². The molecular weight excluding hydrogens is 315 g/mol. The highest BCUT2D eigenvalue weighted by atomic mass is 32.2. The Kier molecular flexibility index (Phi) is 3.92. The van der Waals surface area contributed by atoms with Crippen LogP contribution in [-0.4, -0.2) is 37.1 Å². The summed E-state index contributed by atoms with van der Waals surface area (Å²) >= 11 is 1.83. The number of thioether (sulfide) groups is 1. The lowest BCUT2D eigenvalue weighted by Crippen LogP contribution is -2.19. The van der Waals surface area contributed by atoms with Crippen molar-refractivity contribution in [3.8, 4) is 0 Å². The Hall–Kier alpha value is -1.51. The van der Waals surface area contributed by atoms with Gasteiger partial charge in [0.2, 0.25) is 0 Å². The van der Waals surface area contributed by atoms with E-state index in [1.54, 1.807) is 13.0 Å². The molecule has 1 N–H and O–H groups in total. The Morgan fingerprint density at radius 3 is 2.73 bits per heavy atom. The van der Waals surface area contributed by atoms with Gasteiger partial charge < -0.3 is 5.32 Å². The maximum absolute atomic E-state index is 12.8. The molecule has 0 amide bonds. The standard InChI is InChI=1S/C13H16F3N5S/c1-7-5-10(18-8-3-4-9(6-8)22-2)21-12(17-7)19-11(20-21)13(14,15)16/h5,8-9,18H,3-4,6H2,1-2H3/t8-,9-/m1/s1. The number of fused-ring (bicyclic) bond motifs is 1. The van der Waals surface area contributed by atoms with E-state index in [2.05, 4.69) is 26.6 Å². The lowest BCUT2D eigenvalue weighted by Gasteiger charge is -2.15. The number of halogens is 3. The van der Waals surface area contributed by atoms with Crippen LogP contribution in [0.1, 0.15) is 30.8 Å². The van der Waals surface area contributed by atoms with Crippen LogP contribution in [0.15, 0.2) is 6.07 Å². The zero-order valence-corrected chi connectivity index (χ0v) is 13.0. The van der Waals surface area contributed by atoms with E-state index < -0.39 is 12.0 Å². The van der Waals surface area contributed by atoms with Crippen molar-refractivity contribution >= 4 is 23.4 Å². The Labute approximate surface area is 129 Å². The molecule has 1 saturated carbocycles. The van der Waals surface area contributed by atoms with Crippen LogP contribution in [0, 0.1) is 6.92 Å². The second kappa shape index (κ2) is 5.60. The van der Waals surface area contributed by atoms with Crippen molar-refractivity contribution in [2.75, 3.05) is 11.6 Å². The summed E-state index contributed by atoms with van der Waals surface area (Å²) in [5, 5.41) is 7.45. The van der Waals surface area contributed by atoms with Gasteiger partial charge >= 0.3 is 6.18 Å². The summed E-state index contributed by atoms with van der Waals surface area (Å²) in [6, 6.07) is 1.94. The average molecular weight is 331 g/mol. The normalized spacial score (nSPS) is 22.4. The summed E-state index contributed by atoms with van der Waals surface area (Å²) in [4.78, 5) is 7.50. The third-order valence-corrected chi connectivity index (χ3v) is 4.86. The van der Waals surface area contributed by atoms with Gasteiger partial charge in [-0.3, -0.25) is 0 Å². The second-order valence-corrected chi connectivity index (χ2v) is 6.58. The Morgan fingerprint density at radius 2 is 2.09 bits per heavy atom. The van der Waals surface area contributed by atoms with Crippen LogP contribution >= 0.6 is 11.8 Å². The molecule has 1 fully saturated rings. The van der Waals surface area contributed by atoms with Crippen molar-refractivity contribution in [1.82, 2.24) is 19.6 Å². The molecular formula is C13H16F3N5S. The third kappa shape index (κ3) is 2.99. The first kappa shape index (κ1) is 15.4. The fraction of sp³-hybridized carbons (Fsp3) is 0.615. The number of nitrogens with zero attached hydrogens (tertiary/aromatic N) is 4. The van der Waals surface area contributed by atoms with Gasteiger partial charge in [0.15, 0.2) is 0 Å². The van der Waals surface area contributed by atoms with E-state index in [1.165, 1.54) is 0 Å². The second-order valence-electron chi connectivity index (χ2n) is 5.44. The molecule has 0 spiro atoms. The molecule has 0 saturated heterocycles. The lowest BCUT2D eigenvalue weighted by molar-refractivity contribution is -0.144. The number of hydrogen-bond acceptors (Lipinski definition) is 5. The molecule has 5 nitrogen and oxygen atoms in total. The first-order valence-electron chi connectivity index (χ1n) is 6.98. The number of alkyl halides is 3. The van der Waals surface area contributed by atoms with Gasteiger partial charge in [0, 0.05) is 23.1 Å². The predicted molar refractivity (Wildman–Crippen MR) is 79.1 cm³/mol. The molecule has 1 aliphatic carbocycles. The number of nitrogens with one attached hydrogen (secondary N) is 1. The van der Waals surface area contributed by atoms with E-state index in [0.29, 0.717) is 16.8 Å². The number of aromatic nitrogens is 4. The van der Waals surface area contributed by atoms with Crippen molar-refractivity contribution in [2.24, 2.45) is 0 Å². The minimum Gasteiger partial charge on any atom is -0.367 e. The molecule has 2 aromatic heterocycles. The van der Waals surface area contributed by atoms with Gasteiger partial charge in [-0.25, -0.2) is 4.98 Å². The molecule has 0 aromatic carbocycles. The maximum Gasteiger partial charge on any atom is 0.453 e. The quantitative estimate of drug-likeness (QED) is 0.936. The minimum atomic E-state index is -4.57. The topological polar surface area (TPSA) is 55.1 Å². The van der Waals surface area contributed by atoms with Gasteiger partial charge in [-0.2, -0.15) is 34.4 Å². The van der Waals surface area contributed by atoms with Gasteiger partial charge in [0.05, 0.1) is 0 Å². The van der Waals surface area contributed by atoms with Crippen LogP contribution in [0.4, 0.5) is 19.0 Å². The lowest BCUT2D eigenvalue weighted by atomic mass is 10.2. The molecule has 1 aliphatic rings. The zero-order chi connectivity index (χ0) is 15.9. The van der Waals surface area contributed by atoms with Crippen LogP contribution in [-0.2, 0) is 6.18 Å². The molecule has 3 rings (SSSR count). The SMILES string of the molecule is CS[C@@H]1CC[C@@H](Nc2cc(C)nc3nc(C(F)(F)F)nn23)C1. The van der Waals surface area contributed by atoms with E-state index in [9.17, 15) is 13.2 Å². The molecule has 0 unspecified atom stereocenters. The summed E-state index contributed by atoms with van der Waals surface area (Å²) in [5.41, 5.74) is 0.607. The van der Waals surface area contributed by atoms with Gasteiger partial charge in [-0.15, -0.1) is 5.10 Å². The van der Waals surface area contributed by atoms with Gasteiger partial charge in [-0.1, -0.05) is 0 Å². The molecule has 2 atom stereocenters. The first-order valence-corrected chi connectivity index (χ1v) is 8.26. The summed E-state index contributed by atoms with van der Waals surface area (Å²) in [7, 11) is 0. The Bertz CT molecular complexity index is 684. The minimum absolute atomic E-state index is 0.0331. The molecule has 22 heavy (non-hydrogen) atoms. The molecule has 120 valence electrons. The van der Waals surface area contributed by atoms with E-state index in [1.807, 2.05) is 11.8 Å². The van der Waals surface area contributed by atoms with Crippen LogP contribution in [0.5, 0.6) is 0 Å². The summed E-state index contributed by atoms with van der Waals surface area (Å²) in [5.74, 6) is -0.687. The summed E-state index contributed by atoms with van der Waals surface area (Å²) in [6.07, 6.45) is 0.599. The Morgan fingerprint density at radius 1 is 1.32 bits per heavy atom. The summed E-state index contributed by atoms with van der Waals surface area (Å²) in [6.45, 7) is 1.73. The van der Waals surface area contributed by atoms with Gasteiger partial charge in [0.1, 0.15) is 5.82 Å². The largest absolute Gasteiger partial charge is 0.453 e. The molecule has 0 radical (unpaired) electrons. The molecule has 2 aromatic rings.